The van der Waals surface area contributed by atoms with Crippen LogP contribution >= 0.6 is 0 Å². The molecule has 0 saturated carbocycles. The number of ether oxygens (including phenoxy) is 3. The van der Waals surface area contributed by atoms with Crippen LogP contribution in [0, 0.1) is 0 Å². The van der Waals surface area contributed by atoms with E-state index >= 15 is 0 Å². The molecule has 2 aromatic heterocycles. The third kappa shape index (κ3) is 5.03. The van der Waals surface area contributed by atoms with Crippen molar-refractivity contribution < 1.29 is 19.0 Å². The van der Waals surface area contributed by atoms with Gasteiger partial charge in [-0.15, -0.1) is 0 Å². The van der Waals surface area contributed by atoms with Gasteiger partial charge in [-0.25, -0.2) is 19.6 Å². The van der Waals surface area contributed by atoms with Crippen LogP contribution in [0.2, 0.25) is 0 Å². The largest absolute Gasteiger partial charge is 0.490 e. The van der Waals surface area contributed by atoms with Gasteiger partial charge in [-0.3, -0.25) is 4.79 Å². The molecular weight excluding hydrogens is 438 g/mol. The number of nitrogens with zero attached hydrogens (tertiary/aromatic N) is 7. The summed E-state index contributed by atoms with van der Waals surface area (Å²) >= 11 is 0. The predicted octanol–water partition coefficient (Wildman–Crippen LogP) is 2.22. The third-order valence-electron chi connectivity index (χ3n) is 5.34. The van der Waals surface area contributed by atoms with Crippen molar-refractivity contribution in [3.63, 3.8) is 0 Å². The molecule has 1 aromatic carbocycles. The van der Waals surface area contributed by atoms with E-state index in [0.717, 1.165) is 5.82 Å². The second kappa shape index (κ2) is 10.8. The highest BCUT2D eigenvalue weighted by Gasteiger charge is 2.26. The lowest BCUT2D eigenvalue weighted by Crippen LogP contribution is -2.49. The van der Waals surface area contributed by atoms with Gasteiger partial charge < -0.3 is 24.0 Å². The number of amides is 1. The molecule has 0 bridgehead atoms. The van der Waals surface area contributed by atoms with E-state index in [2.05, 4.69) is 25.0 Å². The highest BCUT2D eigenvalue weighted by atomic mass is 16.5. The summed E-state index contributed by atoms with van der Waals surface area (Å²) in [5.74, 6) is 2.90. The molecule has 11 heteroatoms. The molecule has 0 aliphatic carbocycles. The lowest BCUT2D eigenvalue weighted by molar-refractivity contribution is 0.0745. The molecular formula is C23H29N7O4. The molecule has 1 fully saturated rings. The fraction of sp³-hybridized carbons (Fsp3) is 0.435. The molecule has 1 aliphatic heterocycles. The highest BCUT2D eigenvalue weighted by molar-refractivity contribution is 5.95. The first-order chi connectivity index (χ1) is 16.6. The van der Waals surface area contributed by atoms with Gasteiger partial charge in [-0.2, -0.15) is 5.10 Å². The maximum Gasteiger partial charge on any atom is 0.254 e. The molecule has 1 aliphatic rings. The zero-order valence-corrected chi connectivity index (χ0v) is 19.7. The van der Waals surface area contributed by atoms with Gasteiger partial charge in [0.2, 0.25) is 5.75 Å². The van der Waals surface area contributed by atoms with E-state index in [0.29, 0.717) is 74.6 Å². The maximum absolute atomic E-state index is 13.3. The van der Waals surface area contributed by atoms with E-state index in [-0.39, 0.29) is 5.91 Å². The van der Waals surface area contributed by atoms with E-state index in [1.165, 1.54) is 12.7 Å². The molecule has 0 N–H and O–H groups in total. The third-order valence-corrected chi connectivity index (χ3v) is 5.34. The van der Waals surface area contributed by atoms with Crippen molar-refractivity contribution in [1.82, 2.24) is 29.6 Å². The predicted molar refractivity (Wildman–Crippen MR) is 125 cm³/mol. The Morgan fingerprint density at radius 1 is 0.853 bits per heavy atom. The van der Waals surface area contributed by atoms with Crippen molar-refractivity contribution in [3.05, 3.63) is 42.7 Å². The Hall–Kier alpha value is -3.89. The molecule has 4 rings (SSSR count). The Balaban J connectivity index is 1.48. The molecule has 1 saturated heterocycles. The smallest absolute Gasteiger partial charge is 0.254 e. The van der Waals surface area contributed by atoms with Crippen LogP contribution in [0.25, 0.3) is 5.82 Å². The minimum absolute atomic E-state index is 0.0735. The Kier molecular flexibility index (Phi) is 7.41. The van der Waals surface area contributed by atoms with Gasteiger partial charge in [0.15, 0.2) is 17.3 Å². The molecule has 0 atom stereocenters. The Morgan fingerprint density at radius 3 is 2.09 bits per heavy atom. The lowest BCUT2D eigenvalue weighted by Gasteiger charge is -2.35. The zero-order chi connectivity index (χ0) is 23.9. The number of rotatable bonds is 9. The first kappa shape index (κ1) is 23.3. The van der Waals surface area contributed by atoms with E-state index in [4.69, 9.17) is 14.2 Å². The molecule has 0 spiro atoms. The Labute approximate surface area is 198 Å². The lowest BCUT2D eigenvalue weighted by atomic mass is 10.1. The van der Waals surface area contributed by atoms with Gasteiger partial charge in [-0.05, 0) is 32.9 Å². The summed E-state index contributed by atoms with van der Waals surface area (Å²) in [6, 6.07) is 5.34. The molecule has 180 valence electrons. The average molecular weight is 468 g/mol. The van der Waals surface area contributed by atoms with Gasteiger partial charge in [-0.1, -0.05) is 0 Å². The van der Waals surface area contributed by atoms with Crippen LogP contribution in [0.3, 0.4) is 0 Å². The minimum atomic E-state index is -0.0735. The fourth-order valence-electron chi connectivity index (χ4n) is 3.80. The minimum Gasteiger partial charge on any atom is -0.490 e. The number of hydrogen-bond acceptors (Lipinski definition) is 9. The van der Waals surface area contributed by atoms with Crippen molar-refractivity contribution in [1.29, 1.82) is 0 Å². The molecule has 0 unspecified atom stereocenters. The van der Waals surface area contributed by atoms with Crippen LogP contribution < -0.4 is 19.1 Å². The number of hydrogen-bond donors (Lipinski definition) is 0. The van der Waals surface area contributed by atoms with Crippen LogP contribution in [0.1, 0.15) is 31.1 Å². The summed E-state index contributed by atoms with van der Waals surface area (Å²) in [6.07, 6.45) is 4.56. The highest BCUT2D eigenvalue weighted by Crippen LogP contribution is 2.39. The van der Waals surface area contributed by atoms with Crippen LogP contribution in [0.15, 0.2) is 37.2 Å². The number of benzene rings is 1. The van der Waals surface area contributed by atoms with Crippen LogP contribution in [-0.2, 0) is 0 Å². The average Bonchev–Trinajstić information content (AvgIpc) is 3.41. The second-order valence-corrected chi connectivity index (χ2v) is 7.45. The van der Waals surface area contributed by atoms with Crippen molar-refractivity contribution in [2.75, 3.05) is 50.9 Å². The summed E-state index contributed by atoms with van der Waals surface area (Å²) in [6.45, 7) is 9.48. The van der Waals surface area contributed by atoms with E-state index in [1.807, 2.05) is 31.7 Å². The summed E-state index contributed by atoms with van der Waals surface area (Å²) in [7, 11) is 0. The first-order valence-corrected chi connectivity index (χ1v) is 11.4. The fourth-order valence-corrected chi connectivity index (χ4v) is 3.80. The number of anilines is 1. The van der Waals surface area contributed by atoms with Crippen molar-refractivity contribution in [2.45, 2.75) is 20.8 Å². The second-order valence-electron chi connectivity index (χ2n) is 7.45. The molecule has 3 aromatic rings. The van der Waals surface area contributed by atoms with Crippen LogP contribution in [0.4, 0.5) is 5.82 Å². The number of carbonyl (C=O) groups is 1. The van der Waals surface area contributed by atoms with E-state index in [1.54, 1.807) is 23.1 Å². The summed E-state index contributed by atoms with van der Waals surface area (Å²) < 4.78 is 18.9. The van der Waals surface area contributed by atoms with Crippen molar-refractivity contribution in [3.8, 4) is 23.1 Å². The standard InChI is InChI=1S/C23H29N7O4/c1-4-32-18-11-17(12-19(33-5-2)22(18)34-6-3)23(31)29-9-7-28(8-10-29)20-13-21(26-15-25-20)30-16-24-14-27-30/h11-16H,4-10H2,1-3H3. The monoisotopic (exact) mass is 467 g/mol. The van der Waals surface area contributed by atoms with Gasteiger partial charge in [0.1, 0.15) is 24.8 Å². The Bertz CT molecular complexity index is 1070. The maximum atomic E-state index is 13.3. The molecule has 3 heterocycles. The normalized spacial score (nSPS) is 13.6. The molecule has 0 radical (unpaired) electrons. The van der Waals surface area contributed by atoms with Crippen LogP contribution in [0.5, 0.6) is 17.2 Å². The molecule has 34 heavy (non-hydrogen) atoms. The van der Waals surface area contributed by atoms with Gasteiger partial charge >= 0.3 is 0 Å². The van der Waals surface area contributed by atoms with Crippen molar-refractivity contribution >= 4 is 11.7 Å². The molecule has 1 amide bonds. The van der Waals surface area contributed by atoms with E-state index in [9.17, 15) is 4.79 Å². The quantitative estimate of drug-likeness (QED) is 0.468. The van der Waals surface area contributed by atoms with Gasteiger partial charge in [0.25, 0.3) is 5.91 Å². The first-order valence-electron chi connectivity index (χ1n) is 11.4. The number of aromatic nitrogens is 5. The zero-order valence-electron chi connectivity index (χ0n) is 19.7. The summed E-state index contributed by atoms with van der Waals surface area (Å²) in [5, 5.41) is 4.11. The number of piperazine rings is 1. The van der Waals surface area contributed by atoms with Gasteiger partial charge in [0.05, 0.1) is 19.8 Å². The SMILES string of the molecule is CCOc1cc(C(=O)N2CCN(c3cc(-n4cncn4)ncn3)CC2)cc(OCC)c1OCC. The number of carbonyl (C=O) groups excluding carboxylic acids is 1. The van der Waals surface area contributed by atoms with E-state index < -0.39 is 0 Å². The van der Waals surface area contributed by atoms with Gasteiger partial charge in [0, 0.05) is 37.8 Å². The topological polar surface area (TPSA) is 108 Å². The Morgan fingerprint density at radius 2 is 1.50 bits per heavy atom. The summed E-state index contributed by atoms with van der Waals surface area (Å²) in [5.41, 5.74) is 0.513. The van der Waals surface area contributed by atoms with Crippen molar-refractivity contribution in [2.24, 2.45) is 0 Å². The summed E-state index contributed by atoms with van der Waals surface area (Å²) in [4.78, 5) is 29.9. The molecule has 11 nitrogen and oxygen atoms in total. The van der Waals surface area contributed by atoms with Crippen LogP contribution in [-0.4, -0.2) is 81.5 Å².